The summed E-state index contributed by atoms with van der Waals surface area (Å²) in [6.45, 7) is 4.45. The number of hydrogen-bond acceptors (Lipinski definition) is 4. The van der Waals surface area contributed by atoms with E-state index in [-0.39, 0.29) is 11.5 Å². The van der Waals surface area contributed by atoms with E-state index in [1.165, 1.54) is 23.8 Å². The van der Waals surface area contributed by atoms with Gasteiger partial charge in [0.1, 0.15) is 12.4 Å². The zero-order valence-corrected chi connectivity index (χ0v) is 16.8. The van der Waals surface area contributed by atoms with Crippen molar-refractivity contribution in [2.45, 2.75) is 20.5 Å². The highest BCUT2D eigenvalue weighted by atomic mass is 16.5. The fourth-order valence-electron chi connectivity index (χ4n) is 3.09. The molecule has 0 bridgehead atoms. The molecule has 0 spiro atoms. The third-order valence-electron chi connectivity index (χ3n) is 4.51. The van der Waals surface area contributed by atoms with E-state index in [2.05, 4.69) is 19.1 Å². The molecule has 3 aromatic rings. The Morgan fingerprint density at radius 2 is 1.83 bits per heavy atom. The molecule has 0 aliphatic rings. The van der Waals surface area contributed by atoms with Gasteiger partial charge in [-0.05, 0) is 60.9 Å². The van der Waals surface area contributed by atoms with Crippen LogP contribution in [0.15, 0.2) is 66.7 Å². The van der Waals surface area contributed by atoms with E-state index in [1.54, 1.807) is 25.3 Å². The Kier molecular flexibility index (Phi) is 6.35. The second kappa shape index (κ2) is 9.11. The topological polar surface area (TPSA) is 55.8 Å². The zero-order valence-electron chi connectivity index (χ0n) is 16.8. The van der Waals surface area contributed by atoms with Crippen LogP contribution < -0.4 is 9.47 Å². The molecule has 148 valence electrons. The van der Waals surface area contributed by atoms with Crippen LogP contribution in [0.2, 0.25) is 0 Å². The van der Waals surface area contributed by atoms with Gasteiger partial charge in [0, 0.05) is 5.56 Å². The number of carbonyl (C=O) groups excluding carboxylic acids is 1. The number of aromatic hydroxyl groups is 1. The summed E-state index contributed by atoms with van der Waals surface area (Å²) < 4.78 is 11.5. The molecule has 0 unspecified atom stereocenters. The first-order chi connectivity index (χ1) is 14.0. The van der Waals surface area contributed by atoms with Gasteiger partial charge in [0.15, 0.2) is 17.3 Å². The normalized spacial score (nSPS) is 10.9. The van der Waals surface area contributed by atoms with Crippen LogP contribution in [0.4, 0.5) is 0 Å². The van der Waals surface area contributed by atoms with Gasteiger partial charge >= 0.3 is 0 Å². The zero-order chi connectivity index (χ0) is 20.8. The van der Waals surface area contributed by atoms with Crippen LogP contribution in [0.3, 0.4) is 0 Å². The smallest absolute Gasteiger partial charge is 0.185 e. The second-order valence-electron chi connectivity index (χ2n) is 6.89. The van der Waals surface area contributed by atoms with Gasteiger partial charge < -0.3 is 14.6 Å². The first-order valence-electron chi connectivity index (χ1n) is 9.34. The molecule has 29 heavy (non-hydrogen) atoms. The Morgan fingerprint density at radius 3 is 2.55 bits per heavy atom. The Morgan fingerprint density at radius 1 is 1.03 bits per heavy atom. The maximum Gasteiger partial charge on any atom is 0.185 e. The first kappa shape index (κ1) is 20.2. The van der Waals surface area contributed by atoms with Crippen LogP contribution in [0.5, 0.6) is 17.2 Å². The van der Waals surface area contributed by atoms with Crippen LogP contribution in [0, 0.1) is 13.8 Å². The van der Waals surface area contributed by atoms with Gasteiger partial charge in [0.05, 0.1) is 7.11 Å². The molecule has 0 heterocycles. The number of phenols is 1. The van der Waals surface area contributed by atoms with E-state index in [4.69, 9.17) is 9.47 Å². The fourth-order valence-corrected chi connectivity index (χ4v) is 3.09. The molecule has 0 fully saturated rings. The Labute approximate surface area is 171 Å². The highest BCUT2D eigenvalue weighted by molar-refractivity contribution is 6.07. The van der Waals surface area contributed by atoms with Crippen molar-refractivity contribution in [1.29, 1.82) is 0 Å². The minimum absolute atomic E-state index is 0.0666. The van der Waals surface area contributed by atoms with Gasteiger partial charge in [-0.1, -0.05) is 48.0 Å². The summed E-state index contributed by atoms with van der Waals surface area (Å²) in [5, 5.41) is 9.52. The van der Waals surface area contributed by atoms with Gasteiger partial charge in [-0.25, -0.2) is 0 Å². The summed E-state index contributed by atoms with van der Waals surface area (Å²) in [6, 6.07) is 18.2. The number of phenolic OH excluding ortho intramolecular Hbond substituents is 1. The average molecular weight is 388 g/mol. The molecular weight excluding hydrogens is 364 g/mol. The lowest BCUT2D eigenvalue weighted by molar-refractivity contribution is 0.104. The number of allylic oxidation sites excluding steroid dienone is 1. The minimum Gasteiger partial charge on any atom is -0.508 e. The standard InChI is InChI=1S/C25H24O4/c1-17-6-4-7-20(12-17)16-29-25-18(2)13-19(14-24(25)28-3)10-11-23(27)21-8-5-9-22(26)15-21/h4-15,26H,16H2,1-3H3/b11-10+. The predicted octanol–water partition coefficient (Wildman–Crippen LogP) is 5.49. The molecule has 0 aromatic heterocycles. The molecular formula is C25H24O4. The third-order valence-corrected chi connectivity index (χ3v) is 4.51. The summed E-state index contributed by atoms with van der Waals surface area (Å²) in [5.74, 6) is 1.18. The number of ether oxygens (including phenoxy) is 2. The molecule has 0 aliphatic carbocycles. The maximum atomic E-state index is 12.3. The Balaban J connectivity index is 1.78. The largest absolute Gasteiger partial charge is 0.508 e. The average Bonchev–Trinajstić information content (AvgIpc) is 2.70. The molecule has 0 aliphatic heterocycles. The molecule has 0 amide bonds. The van der Waals surface area contributed by atoms with Crippen LogP contribution in [-0.2, 0) is 6.61 Å². The van der Waals surface area contributed by atoms with E-state index >= 15 is 0 Å². The van der Waals surface area contributed by atoms with E-state index in [0.717, 1.165) is 16.7 Å². The summed E-state index contributed by atoms with van der Waals surface area (Å²) in [4.78, 5) is 12.3. The summed E-state index contributed by atoms with van der Waals surface area (Å²) in [5.41, 5.74) is 4.46. The maximum absolute atomic E-state index is 12.3. The Hall–Kier alpha value is -3.53. The number of methoxy groups -OCH3 is 1. The monoisotopic (exact) mass is 388 g/mol. The van der Waals surface area contributed by atoms with Crippen molar-refractivity contribution >= 4 is 11.9 Å². The second-order valence-corrected chi connectivity index (χ2v) is 6.89. The minimum atomic E-state index is -0.183. The summed E-state index contributed by atoms with van der Waals surface area (Å²) in [6.07, 6.45) is 3.21. The highest BCUT2D eigenvalue weighted by Crippen LogP contribution is 2.33. The van der Waals surface area contributed by atoms with E-state index < -0.39 is 0 Å². The number of rotatable bonds is 7. The predicted molar refractivity (Wildman–Crippen MR) is 115 cm³/mol. The number of carbonyl (C=O) groups is 1. The third kappa shape index (κ3) is 5.26. The van der Waals surface area contributed by atoms with Crippen molar-refractivity contribution in [3.05, 3.63) is 94.6 Å². The molecule has 3 rings (SSSR count). The lowest BCUT2D eigenvalue weighted by atomic mass is 10.1. The fraction of sp³-hybridized carbons (Fsp3) is 0.160. The van der Waals surface area contributed by atoms with Crippen molar-refractivity contribution in [2.75, 3.05) is 7.11 Å². The van der Waals surface area contributed by atoms with Gasteiger partial charge in [-0.3, -0.25) is 4.79 Å². The van der Waals surface area contributed by atoms with Crippen molar-refractivity contribution in [3.8, 4) is 17.2 Å². The molecule has 4 heteroatoms. The number of ketones is 1. The van der Waals surface area contributed by atoms with E-state index in [9.17, 15) is 9.90 Å². The molecule has 0 saturated carbocycles. The van der Waals surface area contributed by atoms with Crippen LogP contribution in [-0.4, -0.2) is 18.0 Å². The van der Waals surface area contributed by atoms with Crippen molar-refractivity contribution in [2.24, 2.45) is 0 Å². The van der Waals surface area contributed by atoms with Crippen LogP contribution >= 0.6 is 0 Å². The lowest BCUT2D eigenvalue weighted by Crippen LogP contribution is -2.00. The lowest BCUT2D eigenvalue weighted by Gasteiger charge is -2.14. The van der Waals surface area contributed by atoms with Gasteiger partial charge in [0.25, 0.3) is 0 Å². The number of aryl methyl sites for hydroxylation is 2. The quantitative estimate of drug-likeness (QED) is 0.429. The van der Waals surface area contributed by atoms with Crippen molar-refractivity contribution < 1.29 is 19.4 Å². The first-order valence-corrected chi connectivity index (χ1v) is 9.34. The van der Waals surface area contributed by atoms with Crippen LogP contribution in [0.1, 0.15) is 32.6 Å². The number of hydrogen-bond donors (Lipinski definition) is 1. The Bertz CT molecular complexity index is 1050. The van der Waals surface area contributed by atoms with Gasteiger partial charge in [-0.2, -0.15) is 0 Å². The summed E-state index contributed by atoms with van der Waals surface area (Å²) >= 11 is 0. The van der Waals surface area contributed by atoms with E-state index in [0.29, 0.717) is 23.7 Å². The van der Waals surface area contributed by atoms with Crippen molar-refractivity contribution in [1.82, 2.24) is 0 Å². The molecule has 4 nitrogen and oxygen atoms in total. The number of benzene rings is 3. The SMILES string of the molecule is COc1cc(/C=C/C(=O)c2cccc(O)c2)cc(C)c1OCc1cccc(C)c1. The molecule has 0 atom stereocenters. The molecule has 0 radical (unpaired) electrons. The molecule has 3 aromatic carbocycles. The van der Waals surface area contributed by atoms with Crippen molar-refractivity contribution in [3.63, 3.8) is 0 Å². The molecule has 0 saturated heterocycles. The molecule has 1 N–H and O–H groups in total. The summed E-state index contributed by atoms with van der Waals surface area (Å²) in [7, 11) is 1.60. The van der Waals surface area contributed by atoms with Gasteiger partial charge in [0.2, 0.25) is 0 Å². The van der Waals surface area contributed by atoms with E-state index in [1.807, 2.05) is 31.2 Å². The highest BCUT2D eigenvalue weighted by Gasteiger charge is 2.11. The van der Waals surface area contributed by atoms with Gasteiger partial charge in [-0.15, -0.1) is 0 Å². The van der Waals surface area contributed by atoms with Crippen LogP contribution in [0.25, 0.3) is 6.08 Å².